The normalized spacial score (nSPS) is 22.0. The fourth-order valence-corrected chi connectivity index (χ4v) is 4.41. The van der Waals surface area contributed by atoms with Crippen molar-refractivity contribution in [2.24, 2.45) is 0 Å². The summed E-state index contributed by atoms with van der Waals surface area (Å²) in [5.41, 5.74) is 0.821. The third-order valence-electron chi connectivity index (χ3n) is 6.13. The van der Waals surface area contributed by atoms with Crippen LogP contribution in [0, 0.1) is 17.1 Å². The molecule has 0 spiro atoms. The molecule has 4 heterocycles. The lowest BCUT2D eigenvalue weighted by atomic mass is 10.1. The summed E-state index contributed by atoms with van der Waals surface area (Å²) in [6.07, 6.45) is 4.17. The number of ether oxygens (including phenoxy) is 1. The van der Waals surface area contributed by atoms with E-state index in [1.807, 2.05) is 13.1 Å². The van der Waals surface area contributed by atoms with Gasteiger partial charge in [-0.1, -0.05) is 0 Å². The molecule has 2 fully saturated rings. The predicted octanol–water partition coefficient (Wildman–Crippen LogP) is 2.32. The average molecular weight is 428 g/mol. The Morgan fingerprint density at radius 2 is 2.23 bits per heavy atom. The molecule has 2 aromatic rings. The first-order valence-electron chi connectivity index (χ1n) is 10.4. The van der Waals surface area contributed by atoms with Crippen LogP contribution in [0.2, 0.25) is 0 Å². The van der Waals surface area contributed by atoms with Gasteiger partial charge in [0, 0.05) is 37.3 Å². The van der Waals surface area contributed by atoms with E-state index in [9.17, 15) is 9.90 Å². The quantitative estimate of drug-likeness (QED) is 0.774. The molecular weight excluding hydrogens is 403 g/mol. The van der Waals surface area contributed by atoms with Crippen molar-refractivity contribution in [3.05, 3.63) is 24.3 Å². The highest BCUT2D eigenvalue weighted by atomic mass is 19.1. The number of likely N-dealkylation sites (N-methyl/N-ethyl adjacent to an activating group) is 1. The zero-order valence-corrected chi connectivity index (χ0v) is 17.4. The maximum absolute atomic E-state index is 15.7. The third kappa shape index (κ3) is 4.18. The average Bonchev–Trinajstić information content (AvgIpc) is 3.17. The first-order chi connectivity index (χ1) is 15.0. The summed E-state index contributed by atoms with van der Waals surface area (Å²) in [6, 6.07) is 3.40. The Hall–Kier alpha value is -3.19. The van der Waals surface area contributed by atoms with Crippen LogP contribution in [0.3, 0.4) is 0 Å². The van der Waals surface area contributed by atoms with Crippen LogP contribution in [0.1, 0.15) is 19.3 Å². The van der Waals surface area contributed by atoms with E-state index in [0.29, 0.717) is 29.7 Å². The highest BCUT2D eigenvalue weighted by Crippen LogP contribution is 2.35. The number of pyridine rings is 2. The van der Waals surface area contributed by atoms with Crippen molar-refractivity contribution in [3.63, 3.8) is 0 Å². The number of piperazine rings is 1. The molecule has 2 atom stereocenters. The van der Waals surface area contributed by atoms with E-state index < -0.39 is 18.0 Å². The lowest BCUT2D eigenvalue weighted by molar-refractivity contribution is 0.119. The Morgan fingerprint density at radius 3 is 2.94 bits per heavy atom. The van der Waals surface area contributed by atoms with E-state index in [0.717, 1.165) is 19.4 Å². The molecule has 164 valence electrons. The van der Waals surface area contributed by atoms with Crippen LogP contribution in [0.4, 0.5) is 14.9 Å². The first kappa shape index (κ1) is 21.1. The standard InChI is InChI=1S/C21H25FN6O3/c1-26-8-2-3-15(26)13-31-20-18(22)19(16-5-7-24-11-17(16)25-20)27-9-10-28(21(29)30)14(12-27)4-6-23/h5,7,11,14-15H,2-4,8-10,12-13H2,1H3,(H,29,30)/t14-,15-/m0/s1. The number of carbonyl (C=O) groups is 1. The highest BCUT2D eigenvalue weighted by Gasteiger charge is 2.33. The number of anilines is 1. The molecule has 0 aliphatic carbocycles. The summed E-state index contributed by atoms with van der Waals surface area (Å²) in [6.45, 7) is 2.03. The van der Waals surface area contributed by atoms with Crippen molar-refractivity contribution in [1.82, 2.24) is 19.8 Å². The Balaban J connectivity index is 1.67. The van der Waals surface area contributed by atoms with Gasteiger partial charge in [-0.15, -0.1) is 0 Å². The molecule has 0 saturated carbocycles. The zero-order valence-electron chi connectivity index (χ0n) is 17.4. The molecule has 0 radical (unpaired) electrons. The molecule has 0 aromatic carbocycles. The van der Waals surface area contributed by atoms with Crippen LogP contribution >= 0.6 is 0 Å². The Morgan fingerprint density at radius 1 is 1.39 bits per heavy atom. The van der Waals surface area contributed by atoms with E-state index in [-0.39, 0.29) is 31.4 Å². The van der Waals surface area contributed by atoms with Crippen molar-refractivity contribution < 1.29 is 19.0 Å². The van der Waals surface area contributed by atoms with Crippen LogP contribution in [-0.4, -0.2) is 82.9 Å². The Labute approximate surface area is 179 Å². The number of nitrogens with zero attached hydrogens (tertiary/aromatic N) is 6. The fraction of sp³-hybridized carbons (Fsp3) is 0.524. The lowest BCUT2D eigenvalue weighted by Gasteiger charge is -2.40. The van der Waals surface area contributed by atoms with Crippen molar-refractivity contribution in [2.45, 2.75) is 31.3 Å². The predicted molar refractivity (Wildman–Crippen MR) is 112 cm³/mol. The summed E-state index contributed by atoms with van der Waals surface area (Å²) in [5, 5.41) is 19.2. The molecule has 2 saturated heterocycles. The number of hydrogen-bond acceptors (Lipinski definition) is 7. The second kappa shape index (κ2) is 8.89. The van der Waals surface area contributed by atoms with Gasteiger partial charge in [0.05, 0.1) is 35.9 Å². The van der Waals surface area contributed by atoms with Gasteiger partial charge in [-0.25, -0.2) is 9.78 Å². The first-order valence-corrected chi connectivity index (χ1v) is 10.4. The van der Waals surface area contributed by atoms with E-state index in [1.165, 1.54) is 4.90 Å². The molecule has 2 aliphatic rings. The van der Waals surface area contributed by atoms with Gasteiger partial charge in [0.2, 0.25) is 5.82 Å². The summed E-state index contributed by atoms with van der Waals surface area (Å²) >= 11 is 0. The number of nitriles is 1. The molecule has 1 amide bonds. The summed E-state index contributed by atoms with van der Waals surface area (Å²) < 4.78 is 21.5. The van der Waals surface area contributed by atoms with Crippen LogP contribution in [-0.2, 0) is 0 Å². The minimum Gasteiger partial charge on any atom is -0.474 e. The number of halogens is 1. The number of carboxylic acid groups (broad SMARTS) is 1. The summed E-state index contributed by atoms with van der Waals surface area (Å²) in [4.78, 5) is 25.2. The number of rotatable bonds is 5. The van der Waals surface area contributed by atoms with Gasteiger partial charge in [0.1, 0.15) is 6.61 Å². The van der Waals surface area contributed by atoms with E-state index in [4.69, 9.17) is 10.00 Å². The Bertz CT molecular complexity index is 1010. The molecule has 9 nitrogen and oxygen atoms in total. The van der Waals surface area contributed by atoms with Gasteiger partial charge in [-0.05, 0) is 32.5 Å². The second-order valence-corrected chi connectivity index (χ2v) is 8.00. The second-order valence-electron chi connectivity index (χ2n) is 8.00. The van der Waals surface area contributed by atoms with Gasteiger partial charge in [0.15, 0.2) is 0 Å². The summed E-state index contributed by atoms with van der Waals surface area (Å²) in [5.74, 6) is -0.646. The highest BCUT2D eigenvalue weighted by molar-refractivity contribution is 5.92. The third-order valence-corrected chi connectivity index (χ3v) is 6.13. The smallest absolute Gasteiger partial charge is 0.407 e. The van der Waals surface area contributed by atoms with Crippen LogP contribution in [0.15, 0.2) is 18.5 Å². The van der Waals surface area contributed by atoms with Gasteiger partial charge >= 0.3 is 6.09 Å². The minimum atomic E-state index is -1.08. The molecule has 0 unspecified atom stereocenters. The van der Waals surface area contributed by atoms with Crippen molar-refractivity contribution in [1.29, 1.82) is 5.26 Å². The minimum absolute atomic E-state index is 0.0341. The van der Waals surface area contributed by atoms with Crippen molar-refractivity contribution in [2.75, 3.05) is 44.7 Å². The molecule has 0 bridgehead atoms. The Kier molecular flexibility index (Phi) is 6.04. The maximum atomic E-state index is 15.7. The lowest BCUT2D eigenvalue weighted by Crippen LogP contribution is -2.55. The number of aromatic nitrogens is 2. The van der Waals surface area contributed by atoms with Crippen LogP contribution in [0.25, 0.3) is 10.9 Å². The largest absolute Gasteiger partial charge is 0.474 e. The topological polar surface area (TPSA) is 106 Å². The van der Waals surface area contributed by atoms with Gasteiger partial charge in [0.25, 0.3) is 5.88 Å². The molecule has 2 aromatic heterocycles. The van der Waals surface area contributed by atoms with E-state index in [1.54, 1.807) is 23.4 Å². The van der Waals surface area contributed by atoms with Crippen molar-refractivity contribution >= 4 is 22.7 Å². The summed E-state index contributed by atoms with van der Waals surface area (Å²) in [7, 11) is 2.03. The SMILES string of the molecule is CN1CCC[C@H]1COc1nc2cnccc2c(N2CCN(C(=O)O)[C@@H](CC#N)C2)c1F. The van der Waals surface area contributed by atoms with Gasteiger partial charge in [-0.2, -0.15) is 9.65 Å². The molecule has 4 rings (SSSR count). The monoisotopic (exact) mass is 428 g/mol. The van der Waals surface area contributed by atoms with Crippen molar-refractivity contribution in [3.8, 4) is 11.9 Å². The van der Waals surface area contributed by atoms with Gasteiger partial charge in [-0.3, -0.25) is 4.98 Å². The zero-order chi connectivity index (χ0) is 22.0. The molecule has 1 N–H and O–H groups in total. The van der Waals surface area contributed by atoms with E-state index >= 15 is 4.39 Å². The molecule has 2 aliphatic heterocycles. The fourth-order valence-electron chi connectivity index (χ4n) is 4.41. The number of likely N-dealkylation sites (tertiary alicyclic amines) is 1. The molecule has 31 heavy (non-hydrogen) atoms. The number of amides is 1. The molecular formula is C21H25FN6O3. The molecule has 10 heteroatoms. The van der Waals surface area contributed by atoms with Crippen LogP contribution < -0.4 is 9.64 Å². The maximum Gasteiger partial charge on any atom is 0.407 e. The van der Waals surface area contributed by atoms with Crippen LogP contribution in [0.5, 0.6) is 5.88 Å². The van der Waals surface area contributed by atoms with Gasteiger partial charge < -0.3 is 24.5 Å². The van der Waals surface area contributed by atoms with E-state index in [2.05, 4.69) is 14.9 Å². The number of hydrogen-bond donors (Lipinski definition) is 1. The number of fused-ring (bicyclic) bond motifs is 1.